The first kappa shape index (κ1) is 58.5. The summed E-state index contributed by atoms with van der Waals surface area (Å²) >= 11 is 0. The molecule has 0 radical (unpaired) electrons. The molecule has 19 heteroatoms. The van der Waals surface area contributed by atoms with Crippen molar-refractivity contribution in [1.82, 2.24) is 36.4 Å². The van der Waals surface area contributed by atoms with Crippen molar-refractivity contribution in [2.45, 2.75) is 167 Å². The average molecular weight is 982 g/mol. The Morgan fingerprint density at radius 2 is 1.30 bits per heavy atom. The molecule has 1 aliphatic rings. The number of carbonyl (C=O) groups excluding carboxylic acids is 7. The fraction of sp³-hybridized carbons (Fsp3) is 0.627. The van der Waals surface area contributed by atoms with Crippen LogP contribution in [0.5, 0.6) is 11.5 Å². The maximum absolute atomic E-state index is 14.2. The van der Waals surface area contributed by atoms with Crippen LogP contribution in [0, 0.1) is 0 Å². The SMILES string of the molecule is CCCCCCCCCCCCCCCC(=O)N(C)[C@H](CO)C(=O)N[C@H](C)C(=O)NCC(=O)N(C)[C@@H]1C(=O)N[C@@H](C)C(=O)N[C@H](C(=O)N[C@@H](C)C(OC)OC)Cc2ccc(O)c(c2)-c2cc1ccc2O. The van der Waals surface area contributed by atoms with Crippen LogP contribution in [0.4, 0.5) is 0 Å². The molecule has 0 unspecified atom stereocenters. The number of amides is 7. The predicted molar refractivity (Wildman–Crippen MR) is 264 cm³/mol. The minimum atomic E-state index is -1.47. The van der Waals surface area contributed by atoms with E-state index >= 15 is 0 Å². The zero-order valence-electron chi connectivity index (χ0n) is 42.4. The molecular formula is C51H79N7O12. The van der Waals surface area contributed by atoms with Gasteiger partial charge in [-0.25, -0.2) is 0 Å². The Labute approximate surface area is 413 Å². The lowest BCUT2D eigenvalue weighted by Gasteiger charge is -2.30. The van der Waals surface area contributed by atoms with Crippen LogP contribution in [0.25, 0.3) is 11.1 Å². The average Bonchev–Trinajstić information content (AvgIpc) is 3.32. The lowest BCUT2D eigenvalue weighted by atomic mass is 9.93. The number of aliphatic hydroxyl groups excluding tert-OH is 1. The third kappa shape index (κ3) is 17.9. The van der Waals surface area contributed by atoms with Crippen LogP contribution >= 0.6 is 0 Å². The minimum absolute atomic E-state index is 0.0600. The van der Waals surface area contributed by atoms with Crippen molar-refractivity contribution >= 4 is 41.4 Å². The third-order valence-electron chi connectivity index (χ3n) is 12.8. The number of fused-ring (bicyclic) bond motifs is 5. The first-order chi connectivity index (χ1) is 33.4. The highest BCUT2D eigenvalue weighted by molar-refractivity contribution is 5.97. The van der Waals surface area contributed by atoms with Crippen LogP contribution in [0.15, 0.2) is 36.4 Å². The van der Waals surface area contributed by atoms with Gasteiger partial charge in [0.25, 0.3) is 0 Å². The largest absolute Gasteiger partial charge is 0.507 e. The number of phenolic OH excluding ortho intramolecular Hbond substituents is 2. The molecule has 0 saturated heterocycles. The van der Waals surface area contributed by atoms with Gasteiger partial charge in [-0.3, -0.25) is 33.6 Å². The molecule has 1 heterocycles. The Bertz CT molecular complexity index is 2050. The lowest BCUT2D eigenvalue weighted by molar-refractivity contribution is -0.142. The van der Waals surface area contributed by atoms with E-state index in [1.807, 2.05) is 0 Å². The maximum atomic E-state index is 14.2. The summed E-state index contributed by atoms with van der Waals surface area (Å²) in [4.78, 5) is 96.9. The first-order valence-electron chi connectivity index (χ1n) is 24.7. The van der Waals surface area contributed by atoms with Gasteiger partial charge in [-0.05, 0) is 62.6 Å². The lowest BCUT2D eigenvalue weighted by Crippen LogP contribution is -2.57. The second-order valence-electron chi connectivity index (χ2n) is 18.3. The molecule has 4 bridgehead atoms. The molecule has 3 rings (SSSR count). The molecule has 0 aromatic heterocycles. The van der Waals surface area contributed by atoms with E-state index in [1.165, 1.54) is 135 Å². The summed E-state index contributed by atoms with van der Waals surface area (Å²) in [5.41, 5.74) is 0.882. The van der Waals surface area contributed by atoms with Gasteiger partial charge in [-0.15, -0.1) is 0 Å². The monoisotopic (exact) mass is 982 g/mol. The molecular weight excluding hydrogens is 903 g/mol. The number of aromatic hydroxyl groups is 2. The van der Waals surface area contributed by atoms with E-state index < -0.39 is 91.1 Å². The number of aliphatic hydroxyl groups is 1. The van der Waals surface area contributed by atoms with E-state index in [1.54, 1.807) is 13.0 Å². The molecule has 8 N–H and O–H groups in total. The molecule has 7 amide bonds. The van der Waals surface area contributed by atoms with Crippen LogP contribution in [0.2, 0.25) is 0 Å². The molecule has 2 aromatic rings. The summed E-state index contributed by atoms with van der Waals surface area (Å²) in [5, 5.41) is 45.2. The van der Waals surface area contributed by atoms with Gasteiger partial charge < -0.3 is 61.2 Å². The first-order valence-corrected chi connectivity index (χ1v) is 24.7. The number of unbranched alkanes of at least 4 members (excludes halogenated alkanes) is 12. The number of nitrogens with one attached hydrogen (secondary N) is 5. The van der Waals surface area contributed by atoms with Crippen molar-refractivity contribution in [3.63, 3.8) is 0 Å². The van der Waals surface area contributed by atoms with Gasteiger partial charge in [-0.1, -0.05) is 96.1 Å². The summed E-state index contributed by atoms with van der Waals surface area (Å²) in [7, 11) is 5.54. The van der Waals surface area contributed by atoms with Gasteiger partial charge in [0, 0.05) is 52.3 Å². The van der Waals surface area contributed by atoms with E-state index in [-0.39, 0.29) is 46.9 Å². The second-order valence-corrected chi connectivity index (χ2v) is 18.3. The molecule has 19 nitrogen and oxygen atoms in total. The smallest absolute Gasteiger partial charge is 0.248 e. The Morgan fingerprint density at radius 3 is 1.87 bits per heavy atom. The molecule has 0 saturated carbocycles. The van der Waals surface area contributed by atoms with Crippen molar-refractivity contribution in [2.75, 3.05) is 41.5 Å². The van der Waals surface area contributed by atoms with E-state index in [2.05, 4.69) is 33.5 Å². The predicted octanol–water partition coefficient (Wildman–Crippen LogP) is 3.86. The highest BCUT2D eigenvalue weighted by Gasteiger charge is 2.35. The van der Waals surface area contributed by atoms with E-state index in [4.69, 9.17) is 9.47 Å². The fourth-order valence-corrected chi connectivity index (χ4v) is 8.40. The van der Waals surface area contributed by atoms with Crippen LogP contribution in [0.1, 0.15) is 135 Å². The number of nitrogens with zero attached hydrogens (tertiary/aromatic N) is 2. The number of phenols is 2. The van der Waals surface area contributed by atoms with E-state index in [9.17, 15) is 48.9 Å². The summed E-state index contributed by atoms with van der Waals surface area (Å²) < 4.78 is 10.5. The van der Waals surface area contributed by atoms with Gasteiger partial charge in [0.15, 0.2) is 6.29 Å². The number of carbonyl (C=O) groups is 7. The summed E-state index contributed by atoms with van der Waals surface area (Å²) in [6.07, 6.45) is 14.4. The van der Waals surface area contributed by atoms with Gasteiger partial charge in [-0.2, -0.15) is 0 Å². The number of hydrogen-bond donors (Lipinski definition) is 8. The number of ether oxygens (including phenoxy) is 2. The molecule has 6 atom stereocenters. The normalized spacial score (nSPS) is 17.3. The molecule has 2 aromatic carbocycles. The quantitative estimate of drug-likeness (QED) is 0.0469. The molecule has 0 aliphatic carbocycles. The van der Waals surface area contributed by atoms with Gasteiger partial charge in [0.2, 0.25) is 41.4 Å². The number of benzene rings is 2. The third-order valence-corrected chi connectivity index (χ3v) is 12.8. The summed E-state index contributed by atoms with van der Waals surface area (Å²) in [5.74, 6) is -5.32. The molecule has 1 aliphatic heterocycles. The zero-order valence-corrected chi connectivity index (χ0v) is 42.4. The fourth-order valence-electron chi connectivity index (χ4n) is 8.40. The highest BCUT2D eigenvalue weighted by Crippen LogP contribution is 2.38. The van der Waals surface area contributed by atoms with Crippen molar-refractivity contribution in [1.29, 1.82) is 0 Å². The van der Waals surface area contributed by atoms with Crippen LogP contribution in [-0.2, 0) is 49.5 Å². The van der Waals surface area contributed by atoms with E-state index in [0.29, 0.717) is 12.0 Å². The summed E-state index contributed by atoms with van der Waals surface area (Å²) in [6, 6.07) is 1.53. The number of likely N-dealkylation sites (N-methyl/N-ethyl adjacent to an activating group) is 2. The Balaban J connectivity index is 1.67. The second kappa shape index (κ2) is 30.1. The molecule has 390 valence electrons. The summed E-state index contributed by atoms with van der Waals surface area (Å²) in [6.45, 7) is 5.31. The van der Waals surface area contributed by atoms with Crippen LogP contribution in [-0.4, -0.2) is 144 Å². The van der Waals surface area contributed by atoms with Crippen molar-refractivity contribution in [3.8, 4) is 22.6 Å². The highest BCUT2D eigenvalue weighted by atomic mass is 16.7. The maximum Gasteiger partial charge on any atom is 0.248 e. The van der Waals surface area contributed by atoms with Crippen molar-refractivity contribution in [2.24, 2.45) is 0 Å². The number of rotatable bonds is 27. The number of methoxy groups -OCH3 is 2. The van der Waals surface area contributed by atoms with Crippen LogP contribution < -0.4 is 26.6 Å². The Hall–Kier alpha value is -5.79. The van der Waals surface area contributed by atoms with Gasteiger partial charge >= 0.3 is 0 Å². The topological polar surface area (TPSA) is 265 Å². The zero-order chi connectivity index (χ0) is 51.9. The standard InChI is InChI=1S/C51H79N7O12/c1-9-10-11-12-13-14-15-16-17-18-19-20-21-22-43(62)57(5)40(31-59)49(67)53-32(2)46(64)52-30-44(63)58(6)45-36-24-26-42(61)38(29-36)37-27-35(23-25-41(37)60)28-39(56-47(65)33(3)54-50(45)68)48(66)55-34(4)51(69-7)70-8/h23-27,29,32-34,39-40,45,51,59-61H,9-22,28,30-31H2,1-8H3,(H,52,64)(H,53,67)(H,54,68)(H,55,66)(H,56,65)/t32-,33+,34+,39+,40-,45+/m1/s1. The van der Waals surface area contributed by atoms with E-state index in [0.717, 1.165) is 24.2 Å². The Morgan fingerprint density at radius 1 is 0.743 bits per heavy atom. The van der Waals surface area contributed by atoms with Crippen molar-refractivity contribution < 1.29 is 58.4 Å². The molecule has 70 heavy (non-hydrogen) atoms. The van der Waals surface area contributed by atoms with Gasteiger partial charge in [0.05, 0.1) is 19.2 Å². The number of hydrogen-bond acceptors (Lipinski definition) is 12. The van der Waals surface area contributed by atoms with Crippen LogP contribution in [0.3, 0.4) is 0 Å². The van der Waals surface area contributed by atoms with Gasteiger partial charge in [0.1, 0.15) is 41.7 Å². The molecule has 0 spiro atoms. The van der Waals surface area contributed by atoms with Crippen molar-refractivity contribution in [3.05, 3.63) is 47.5 Å². The minimum Gasteiger partial charge on any atom is -0.507 e. The molecule has 0 fully saturated rings. The Kier molecular flexibility index (Phi) is 25.1.